The van der Waals surface area contributed by atoms with Crippen molar-refractivity contribution in [3.05, 3.63) is 121 Å². The number of halogens is 1. The first kappa shape index (κ1) is 33.4. The number of nitrogens with one attached hydrogen (secondary N) is 1. The van der Waals surface area contributed by atoms with Gasteiger partial charge < -0.3 is 24.3 Å². The highest BCUT2D eigenvalue weighted by Crippen LogP contribution is 2.38. The molecular weight excluding hydrogens is 646 g/mol. The molecule has 0 unspecified atom stereocenters. The minimum Gasteiger partial charge on any atom is -0.497 e. The summed E-state index contributed by atoms with van der Waals surface area (Å²) in [4.78, 5) is 48.4. The van der Waals surface area contributed by atoms with Gasteiger partial charge in [0.1, 0.15) is 29.9 Å². The lowest BCUT2D eigenvalue weighted by molar-refractivity contribution is -0.127. The van der Waals surface area contributed by atoms with E-state index in [0.29, 0.717) is 56.4 Å². The van der Waals surface area contributed by atoms with Crippen LogP contribution in [0.2, 0.25) is 0 Å². The molecule has 12 heteroatoms. The standard InChI is InChI=1S/C37H36FN5O5S/c1-6-41(7-2)36(46)33-22(3)39-37-43(34(33)28-19-26(47-4)16-17-30(28)48-5)35(45)31(49-37)18-23-20-42(29-11-9-8-10-27(23)29)21-32(44)40-25-14-12-24(38)13-15-25/h8-20,34H,6-7,21H2,1-5H3,(H,40,44)/b31-18+/t34-/m0/s1. The van der Waals surface area contributed by atoms with E-state index < -0.39 is 6.04 Å². The zero-order valence-corrected chi connectivity index (χ0v) is 28.6. The van der Waals surface area contributed by atoms with E-state index >= 15 is 0 Å². The maximum atomic E-state index is 14.5. The normalized spacial score (nSPS) is 14.4. The Morgan fingerprint density at radius 3 is 2.47 bits per heavy atom. The number of thiazole rings is 1. The molecule has 10 nitrogen and oxygen atoms in total. The number of nitrogens with zero attached hydrogens (tertiary/aromatic N) is 4. The van der Waals surface area contributed by atoms with Gasteiger partial charge >= 0.3 is 0 Å². The van der Waals surface area contributed by atoms with Crippen LogP contribution in [-0.2, 0) is 16.1 Å². The first-order valence-corrected chi connectivity index (χ1v) is 16.7. The summed E-state index contributed by atoms with van der Waals surface area (Å²) >= 11 is 1.23. The minimum absolute atomic E-state index is 0.00135. The van der Waals surface area contributed by atoms with Crippen LogP contribution in [0.1, 0.15) is 37.9 Å². The van der Waals surface area contributed by atoms with Crippen LogP contribution in [0.3, 0.4) is 0 Å². The Hall–Kier alpha value is -5.49. The third kappa shape index (κ3) is 6.39. The Morgan fingerprint density at radius 1 is 1.04 bits per heavy atom. The van der Waals surface area contributed by atoms with E-state index in [2.05, 4.69) is 5.32 Å². The van der Waals surface area contributed by atoms with Crippen LogP contribution >= 0.6 is 11.3 Å². The van der Waals surface area contributed by atoms with Crippen molar-refractivity contribution in [1.82, 2.24) is 14.0 Å². The molecule has 0 saturated heterocycles. The molecule has 1 aliphatic rings. The lowest BCUT2D eigenvalue weighted by Crippen LogP contribution is -2.43. The van der Waals surface area contributed by atoms with Gasteiger partial charge in [0.2, 0.25) is 5.91 Å². The summed E-state index contributed by atoms with van der Waals surface area (Å²) < 4.78 is 28.4. The largest absolute Gasteiger partial charge is 0.497 e. The molecule has 0 spiro atoms. The topological polar surface area (TPSA) is 107 Å². The third-order valence-electron chi connectivity index (χ3n) is 8.58. The highest BCUT2D eigenvalue weighted by atomic mass is 32.1. The van der Waals surface area contributed by atoms with Gasteiger partial charge in [-0.2, -0.15) is 0 Å². The van der Waals surface area contributed by atoms with Crippen LogP contribution in [0.4, 0.5) is 10.1 Å². The quantitative estimate of drug-likeness (QED) is 0.227. The van der Waals surface area contributed by atoms with Crippen LogP contribution in [0.15, 0.2) is 94.0 Å². The second kappa shape index (κ2) is 13.9. The van der Waals surface area contributed by atoms with E-state index in [9.17, 15) is 18.8 Å². The Kier molecular flexibility index (Phi) is 9.50. The molecule has 0 aliphatic carbocycles. The minimum atomic E-state index is -0.826. The van der Waals surface area contributed by atoms with Gasteiger partial charge in [-0.1, -0.05) is 29.5 Å². The number of allylic oxidation sites excluding steroid dienone is 1. The number of hydrogen-bond donors (Lipinski definition) is 1. The van der Waals surface area contributed by atoms with Gasteiger partial charge in [-0.25, -0.2) is 9.38 Å². The van der Waals surface area contributed by atoms with Gasteiger partial charge in [-0.15, -0.1) is 0 Å². The average Bonchev–Trinajstić information content (AvgIpc) is 3.60. The van der Waals surface area contributed by atoms with Crippen molar-refractivity contribution in [3.8, 4) is 11.5 Å². The first-order chi connectivity index (χ1) is 23.7. The number of amides is 2. The Balaban J connectivity index is 1.48. The van der Waals surface area contributed by atoms with E-state index in [1.807, 2.05) is 48.9 Å². The number of aromatic nitrogens is 2. The van der Waals surface area contributed by atoms with Crippen LogP contribution < -0.4 is 29.7 Å². The predicted molar refractivity (Wildman–Crippen MR) is 188 cm³/mol. The molecule has 252 valence electrons. The fourth-order valence-electron chi connectivity index (χ4n) is 6.17. The van der Waals surface area contributed by atoms with Gasteiger partial charge in [0.15, 0.2) is 4.80 Å². The van der Waals surface area contributed by atoms with Crippen molar-refractivity contribution in [3.63, 3.8) is 0 Å². The van der Waals surface area contributed by atoms with Crippen molar-refractivity contribution in [1.29, 1.82) is 0 Å². The number of anilines is 1. The maximum absolute atomic E-state index is 14.5. The summed E-state index contributed by atoms with van der Waals surface area (Å²) in [6, 6.07) is 17.7. The number of carbonyl (C=O) groups is 2. The lowest BCUT2D eigenvalue weighted by Gasteiger charge is -2.30. The second-order valence-corrected chi connectivity index (χ2v) is 12.5. The molecule has 6 rings (SSSR count). The summed E-state index contributed by atoms with van der Waals surface area (Å²) in [5.41, 5.74) is 3.21. The number of carbonyl (C=O) groups excluding carboxylic acids is 2. The molecule has 49 heavy (non-hydrogen) atoms. The van der Waals surface area contributed by atoms with Crippen molar-refractivity contribution < 1.29 is 23.5 Å². The number of fused-ring (bicyclic) bond motifs is 2. The molecule has 0 radical (unpaired) electrons. The highest BCUT2D eigenvalue weighted by Gasteiger charge is 2.36. The van der Waals surface area contributed by atoms with Crippen LogP contribution in [0.25, 0.3) is 17.0 Å². The smallest absolute Gasteiger partial charge is 0.271 e. The number of rotatable bonds is 10. The van der Waals surface area contributed by atoms with Crippen LogP contribution in [-0.4, -0.2) is 53.2 Å². The zero-order chi connectivity index (χ0) is 34.8. The first-order valence-electron chi connectivity index (χ1n) is 15.8. The summed E-state index contributed by atoms with van der Waals surface area (Å²) in [5, 5.41) is 3.65. The number of ether oxygens (including phenoxy) is 2. The number of hydrogen-bond acceptors (Lipinski definition) is 7. The monoisotopic (exact) mass is 681 g/mol. The number of methoxy groups -OCH3 is 2. The fourth-order valence-corrected chi connectivity index (χ4v) is 7.21. The molecule has 1 aliphatic heterocycles. The van der Waals surface area contributed by atoms with Gasteiger partial charge in [0.05, 0.1) is 30.0 Å². The van der Waals surface area contributed by atoms with E-state index in [-0.39, 0.29) is 29.7 Å². The molecule has 0 fully saturated rings. The molecule has 0 saturated carbocycles. The average molecular weight is 682 g/mol. The van der Waals surface area contributed by atoms with Crippen molar-refractivity contribution in [2.24, 2.45) is 4.99 Å². The second-order valence-electron chi connectivity index (χ2n) is 11.5. The molecular formula is C37H36FN5O5S. The SMILES string of the molecule is CCN(CC)C(=O)C1=C(C)N=c2s/c(=C/c3cn(CC(=O)Nc4ccc(F)cc4)c4ccccc34)c(=O)n2[C@H]1c1cc(OC)ccc1OC. The van der Waals surface area contributed by atoms with E-state index in [1.54, 1.807) is 54.9 Å². The molecule has 2 aromatic heterocycles. The van der Waals surface area contributed by atoms with Gasteiger partial charge in [-0.05, 0) is 75.4 Å². The molecule has 5 aromatic rings. The van der Waals surface area contributed by atoms with Crippen LogP contribution in [0.5, 0.6) is 11.5 Å². The Labute approximate surface area is 286 Å². The molecule has 1 N–H and O–H groups in total. The van der Waals surface area contributed by atoms with Crippen molar-refractivity contribution >= 4 is 45.8 Å². The number of para-hydroxylation sites is 1. The van der Waals surface area contributed by atoms with E-state index in [4.69, 9.17) is 14.5 Å². The fraction of sp³-hybridized carbons (Fsp3) is 0.243. The number of benzene rings is 3. The summed E-state index contributed by atoms with van der Waals surface area (Å²) in [6.07, 6.45) is 3.63. The molecule has 0 bridgehead atoms. The molecule has 3 heterocycles. The summed E-state index contributed by atoms with van der Waals surface area (Å²) in [6.45, 7) is 6.60. The third-order valence-corrected chi connectivity index (χ3v) is 9.57. The van der Waals surface area contributed by atoms with Crippen molar-refractivity contribution in [2.75, 3.05) is 32.6 Å². The van der Waals surface area contributed by atoms with Crippen LogP contribution in [0, 0.1) is 5.82 Å². The maximum Gasteiger partial charge on any atom is 0.271 e. The Morgan fingerprint density at radius 2 is 1.78 bits per heavy atom. The predicted octanol–water partition coefficient (Wildman–Crippen LogP) is 4.85. The van der Waals surface area contributed by atoms with Crippen molar-refractivity contribution in [2.45, 2.75) is 33.4 Å². The number of likely N-dealkylation sites (N-methyl/N-ethyl adjacent to an activating group) is 1. The van der Waals surface area contributed by atoms with E-state index in [0.717, 1.165) is 16.5 Å². The Bertz CT molecular complexity index is 2280. The van der Waals surface area contributed by atoms with Gasteiger partial charge in [0, 0.05) is 47.0 Å². The molecule has 1 atom stereocenters. The molecule has 3 aromatic carbocycles. The summed E-state index contributed by atoms with van der Waals surface area (Å²) in [5.74, 6) is 0.171. The van der Waals surface area contributed by atoms with E-state index in [1.165, 1.54) is 35.6 Å². The van der Waals surface area contributed by atoms with Gasteiger partial charge in [-0.3, -0.25) is 19.0 Å². The zero-order valence-electron chi connectivity index (χ0n) is 27.8. The molecule has 2 amide bonds. The highest BCUT2D eigenvalue weighted by molar-refractivity contribution is 7.07. The summed E-state index contributed by atoms with van der Waals surface area (Å²) in [7, 11) is 3.11. The van der Waals surface area contributed by atoms with Gasteiger partial charge in [0.25, 0.3) is 11.5 Å². The lowest BCUT2D eigenvalue weighted by atomic mass is 9.93.